The fourth-order valence-corrected chi connectivity index (χ4v) is 2.46. The van der Waals surface area contributed by atoms with Gasteiger partial charge in [-0.1, -0.05) is 41.9 Å². The molecule has 0 bridgehead atoms. The third-order valence-corrected chi connectivity index (χ3v) is 4.40. The van der Waals surface area contributed by atoms with E-state index >= 15 is 0 Å². The van der Waals surface area contributed by atoms with Crippen molar-refractivity contribution in [1.82, 2.24) is 10.6 Å². The second-order valence-corrected chi connectivity index (χ2v) is 6.97. The molecule has 0 saturated heterocycles. The number of halogens is 2. The molecule has 4 nitrogen and oxygen atoms in total. The summed E-state index contributed by atoms with van der Waals surface area (Å²) in [5.41, 5.74) is 0.155. The molecule has 0 atom stereocenters. The minimum absolute atomic E-state index is 0.0347. The zero-order valence-electron chi connectivity index (χ0n) is 14.8. The van der Waals surface area contributed by atoms with Gasteiger partial charge in [-0.3, -0.25) is 9.59 Å². The van der Waals surface area contributed by atoms with Crippen LogP contribution in [-0.4, -0.2) is 18.4 Å². The number of carbonyl (C=O) groups excluding carboxylic acids is 2. The molecule has 0 aliphatic carbocycles. The van der Waals surface area contributed by atoms with Crippen LogP contribution < -0.4 is 10.6 Å². The summed E-state index contributed by atoms with van der Waals surface area (Å²) in [4.78, 5) is 24.7. The summed E-state index contributed by atoms with van der Waals surface area (Å²) in [7, 11) is 0. The first kappa shape index (κ1) is 19.9. The van der Waals surface area contributed by atoms with E-state index in [0.717, 1.165) is 5.56 Å². The van der Waals surface area contributed by atoms with E-state index in [0.29, 0.717) is 23.6 Å². The lowest BCUT2D eigenvalue weighted by atomic mass is 9.91. The number of hydrogen-bond donors (Lipinski definition) is 2. The highest BCUT2D eigenvalue weighted by Crippen LogP contribution is 2.16. The molecule has 2 amide bonds. The van der Waals surface area contributed by atoms with Gasteiger partial charge in [0.25, 0.3) is 0 Å². The monoisotopic (exact) mass is 376 g/mol. The predicted molar refractivity (Wildman–Crippen MR) is 100 cm³/mol. The summed E-state index contributed by atoms with van der Waals surface area (Å²) in [6.07, 6.45) is 0.635. The van der Waals surface area contributed by atoms with E-state index in [2.05, 4.69) is 10.6 Å². The van der Waals surface area contributed by atoms with Gasteiger partial charge in [-0.15, -0.1) is 0 Å². The number of benzene rings is 2. The van der Waals surface area contributed by atoms with E-state index < -0.39 is 17.1 Å². The first-order valence-electron chi connectivity index (χ1n) is 8.35. The lowest BCUT2D eigenvalue weighted by molar-refractivity contribution is -0.141. The lowest BCUT2D eigenvalue weighted by Gasteiger charge is -2.23. The zero-order valence-corrected chi connectivity index (χ0v) is 15.6. The van der Waals surface area contributed by atoms with Crippen molar-refractivity contribution in [1.29, 1.82) is 0 Å². The Labute approximate surface area is 157 Å². The molecule has 0 heterocycles. The van der Waals surface area contributed by atoms with Crippen LogP contribution in [0.3, 0.4) is 0 Å². The standard InChI is InChI=1S/C20H22ClFN2O2/c1-20(2,19(26)24-13-15-5-3-4-6-17(15)22)18(25)23-12-11-14-7-9-16(21)10-8-14/h3-10H,11-13H2,1-2H3,(H,23,25)(H,24,26). The third kappa shape index (κ3) is 5.30. The molecule has 2 rings (SSSR count). The summed E-state index contributed by atoms with van der Waals surface area (Å²) in [5, 5.41) is 6.05. The van der Waals surface area contributed by atoms with Crippen LogP contribution in [0.5, 0.6) is 0 Å². The van der Waals surface area contributed by atoms with Crippen molar-refractivity contribution in [2.75, 3.05) is 6.54 Å². The van der Waals surface area contributed by atoms with Crippen LogP contribution in [0.2, 0.25) is 5.02 Å². The van der Waals surface area contributed by atoms with E-state index in [4.69, 9.17) is 11.6 Å². The number of carbonyl (C=O) groups is 2. The normalized spacial score (nSPS) is 11.1. The average Bonchev–Trinajstić information content (AvgIpc) is 2.62. The highest BCUT2D eigenvalue weighted by molar-refractivity contribution is 6.30. The quantitative estimate of drug-likeness (QED) is 0.727. The molecular formula is C20H22ClFN2O2. The first-order chi connectivity index (χ1) is 12.3. The predicted octanol–water partition coefficient (Wildman–Crippen LogP) is 3.48. The van der Waals surface area contributed by atoms with Gasteiger partial charge < -0.3 is 10.6 Å². The van der Waals surface area contributed by atoms with Crippen LogP contribution in [0, 0.1) is 11.2 Å². The Bertz CT molecular complexity index is 776. The summed E-state index contributed by atoms with van der Waals surface area (Å²) in [6.45, 7) is 3.53. The SMILES string of the molecule is CC(C)(C(=O)NCCc1ccc(Cl)cc1)C(=O)NCc1ccccc1F. The van der Waals surface area contributed by atoms with Crippen LogP contribution in [0.1, 0.15) is 25.0 Å². The fourth-order valence-electron chi connectivity index (χ4n) is 2.33. The molecule has 0 aliphatic rings. The Morgan fingerprint density at radius 3 is 2.27 bits per heavy atom. The molecule has 2 aromatic rings. The molecule has 138 valence electrons. The van der Waals surface area contributed by atoms with Crippen molar-refractivity contribution in [3.05, 3.63) is 70.5 Å². The molecule has 26 heavy (non-hydrogen) atoms. The summed E-state index contributed by atoms with van der Waals surface area (Å²) < 4.78 is 13.6. The third-order valence-electron chi connectivity index (χ3n) is 4.15. The van der Waals surface area contributed by atoms with Crippen LogP contribution >= 0.6 is 11.6 Å². The van der Waals surface area contributed by atoms with E-state index in [-0.39, 0.29) is 12.5 Å². The Balaban J connectivity index is 1.84. The maximum atomic E-state index is 13.6. The number of hydrogen-bond acceptors (Lipinski definition) is 2. The smallest absolute Gasteiger partial charge is 0.235 e. The average molecular weight is 377 g/mol. The Hall–Kier alpha value is -2.40. The van der Waals surface area contributed by atoms with Gasteiger partial charge in [0.1, 0.15) is 11.2 Å². The van der Waals surface area contributed by atoms with Crippen molar-refractivity contribution >= 4 is 23.4 Å². The van der Waals surface area contributed by atoms with Crippen LogP contribution in [-0.2, 0) is 22.6 Å². The number of amides is 2. The summed E-state index contributed by atoms with van der Waals surface area (Å²) >= 11 is 5.84. The Kier molecular flexibility index (Phi) is 6.75. The molecule has 0 aliphatic heterocycles. The second kappa shape index (κ2) is 8.81. The first-order valence-corrected chi connectivity index (χ1v) is 8.73. The fraction of sp³-hybridized carbons (Fsp3) is 0.300. The lowest BCUT2D eigenvalue weighted by Crippen LogP contribution is -2.48. The van der Waals surface area contributed by atoms with Gasteiger partial charge in [0, 0.05) is 23.7 Å². The molecule has 2 N–H and O–H groups in total. The minimum atomic E-state index is -1.26. The highest BCUT2D eigenvalue weighted by Gasteiger charge is 2.35. The Morgan fingerprint density at radius 1 is 1.00 bits per heavy atom. The molecule has 2 aromatic carbocycles. The number of nitrogens with one attached hydrogen (secondary N) is 2. The van der Waals surface area contributed by atoms with Gasteiger partial charge in [-0.2, -0.15) is 0 Å². The Morgan fingerprint density at radius 2 is 1.62 bits per heavy atom. The number of rotatable bonds is 7. The molecule has 0 aromatic heterocycles. The maximum Gasteiger partial charge on any atom is 0.235 e. The topological polar surface area (TPSA) is 58.2 Å². The van der Waals surface area contributed by atoms with Crippen LogP contribution in [0.4, 0.5) is 4.39 Å². The zero-order chi connectivity index (χ0) is 19.2. The van der Waals surface area contributed by atoms with Gasteiger partial charge in [0.2, 0.25) is 11.8 Å². The van der Waals surface area contributed by atoms with Crippen molar-refractivity contribution in [3.8, 4) is 0 Å². The van der Waals surface area contributed by atoms with Gasteiger partial charge in [-0.05, 0) is 44.0 Å². The van der Waals surface area contributed by atoms with Crippen LogP contribution in [0.25, 0.3) is 0 Å². The van der Waals surface area contributed by atoms with Gasteiger partial charge in [0.15, 0.2) is 0 Å². The van der Waals surface area contributed by atoms with Crippen LogP contribution in [0.15, 0.2) is 48.5 Å². The molecule has 0 unspecified atom stereocenters. The molecule has 0 radical (unpaired) electrons. The molecular weight excluding hydrogens is 355 g/mol. The van der Waals surface area contributed by atoms with Crippen molar-refractivity contribution in [2.45, 2.75) is 26.8 Å². The molecule has 0 spiro atoms. The molecule has 0 saturated carbocycles. The van der Waals surface area contributed by atoms with E-state index in [1.807, 2.05) is 12.1 Å². The van der Waals surface area contributed by atoms with Gasteiger partial charge in [-0.25, -0.2) is 4.39 Å². The van der Waals surface area contributed by atoms with Gasteiger partial charge in [0.05, 0.1) is 0 Å². The van der Waals surface area contributed by atoms with Crippen molar-refractivity contribution < 1.29 is 14.0 Å². The van der Waals surface area contributed by atoms with Crippen molar-refractivity contribution in [3.63, 3.8) is 0 Å². The molecule has 0 fully saturated rings. The van der Waals surface area contributed by atoms with E-state index in [1.54, 1.807) is 44.2 Å². The summed E-state index contributed by atoms with van der Waals surface area (Å²) in [5.74, 6) is -1.22. The molecule has 6 heteroatoms. The second-order valence-electron chi connectivity index (χ2n) is 6.53. The largest absolute Gasteiger partial charge is 0.355 e. The minimum Gasteiger partial charge on any atom is -0.355 e. The highest BCUT2D eigenvalue weighted by atomic mass is 35.5. The van der Waals surface area contributed by atoms with E-state index in [1.165, 1.54) is 6.07 Å². The maximum absolute atomic E-state index is 13.6. The van der Waals surface area contributed by atoms with Crippen molar-refractivity contribution in [2.24, 2.45) is 5.41 Å². The van der Waals surface area contributed by atoms with Gasteiger partial charge >= 0.3 is 0 Å². The van der Waals surface area contributed by atoms with E-state index in [9.17, 15) is 14.0 Å². The summed E-state index contributed by atoms with van der Waals surface area (Å²) in [6, 6.07) is 13.6.